The van der Waals surface area contributed by atoms with Gasteiger partial charge in [0.15, 0.2) is 10.8 Å². The van der Waals surface area contributed by atoms with E-state index in [1.54, 1.807) is 36.9 Å². The summed E-state index contributed by atoms with van der Waals surface area (Å²) in [4.78, 5) is 30.2. The maximum Gasteiger partial charge on any atom is 0.273 e. The van der Waals surface area contributed by atoms with Crippen molar-refractivity contribution in [1.29, 1.82) is 0 Å². The lowest BCUT2D eigenvalue weighted by atomic mass is 10.3. The van der Waals surface area contributed by atoms with Crippen LogP contribution in [-0.2, 0) is 4.79 Å². The van der Waals surface area contributed by atoms with Crippen LogP contribution in [-0.4, -0.2) is 35.3 Å². The molecule has 8 heteroatoms. The van der Waals surface area contributed by atoms with Crippen molar-refractivity contribution >= 4 is 44.8 Å². The van der Waals surface area contributed by atoms with Crippen molar-refractivity contribution in [2.45, 2.75) is 0 Å². The van der Waals surface area contributed by atoms with Gasteiger partial charge in [0.2, 0.25) is 5.91 Å². The number of likely N-dealkylation sites (N-methyl/N-ethyl adjacent to an activating group) is 1. The fourth-order valence-corrected chi connectivity index (χ4v) is 3.26. The molecular weight excluding hydrogens is 406 g/mol. The summed E-state index contributed by atoms with van der Waals surface area (Å²) < 4.78 is 6.05. The van der Waals surface area contributed by atoms with E-state index >= 15 is 0 Å². The van der Waals surface area contributed by atoms with Crippen molar-refractivity contribution in [3.63, 3.8) is 0 Å². The Labute approximate surface area is 156 Å². The highest BCUT2D eigenvalue weighted by Crippen LogP contribution is 2.24. The fourth-order valence-electron chi connectivity index (χ4n) is 2.12. The van der Waals surface area contributed by atoms with E-state index in [9.17, 15) is 9.59 Å². The van der Waals surface area contributed by atoms with Crippen LogP contribution in [0.3, 0.4) is 0 Å². The molecule has 3 rings (SSSR count). The van der Waals surface area contributed by atoms with Crippen molar-refractivity contribution in [2.75, 3.05) is 18.9 Å². The first kappa shape index (κ1) is 17.4. The molecule has 2 aromatic heterocycles. The number of furan rings is 1. The number of halogens is 1. The number of hydrogen-bond acceptors (Lipinski definition) is 5. The number of nitrogens with zero attached hydrogens (tertiary/aromatic N) is 2. The molecule has 0 saturated heterocycles. The van der Waals surface area contributed by atoms with Gasteiger partial charge in [0.1, 0.15) is 5.69 Å². The molecule has 0 saturated carbocycles. The zero-order valence-electron chi connectivity index (χ0n) is 13.2. The van der Waals surface area contributed by atoms with Crippen molar-refractivity contribution in [3.8, 4) is 10.8 Å². The summed E-state index contributed by atoms with van der Waals surface area (Å²) in [6.45, 7) is -0.0756. The SMILES string of the molecule is CN(CC(=O)Nc1ccccc1Br)C(=O)c1csc(-c2ccco2)n1. The number of para-hydroxylation sites is 1. The second-order valence-electron chi connectivity index (χ2n) is 5.20. The number of thiazole rings is 1. The van der Waals surface area contributed by atoms with Crippen LogP contribution in [0.4, 0.5) is 5.69 Å². The Kier molecular flexibility index (Phi) is 5.30. The normalized spacial score (nSPS) is 10.5. The van der Waals surface area contributed by atoms with Crippen LogP contribution in [0.2, 0.25) is 0 Å². The van der Waals surface area contributed by atoms with E-state index in [2.05, 4.69) is 26.2 Å². The highest BCUT2D eigenvalue weighted by atomic mass is 79.9. The van der Waals surface area contributed by atoms with Gasteiger partial charge in [-0.1, -0.05) is 12.1 Å². The molecule has 2 amide bonds. The van der Waals surface area contributed by atoms with Crippen LogP contribution in [0, 0.1) is 0 Å². The average Bonchev–Trinajstić information content (AvgIpc) is 3.27. The van der Waals surface area contributed by atoms with Gasteiger partial charge in [-0.3, -0.25) is 9.59 Å². The molecule has 0 aliphatic rings. The zero-order valence-corrected chi connectivity index (χ0v) is 15.6. The van der Waals surface area contributed by atoms with Gasteiger partial charge >= 0.3 is 0 Å². The molecule has 128 valence electrons. The quantitative estimate of drug-likeness (QED) is 0.680. The zero-order chi connectivity index (χ0) is 17.8. The number of carbonyl (C=O) groups is 2. The molecule has 0 aliphatic heterocycles. The van der Waals surface area contributed by atoms with E-state index < -0.39 is 0 Å². The van der Waals surface area contributed by atoms with Crippen molar-refractivity contribution in [3.05, 3.63) is 58.2 Å². The van der Waals surface area contributed by atoms with Gasteiger partial charge in [0, 0.05) is 16.9 Å². The number of nitrogens with one attached hydrogen (secondary N) is 1. The number of carbonyl (C=O) groups excluding carboxylic acids is 2. The summed E-state index contributed by atoms with van der Waals surface area (Å²) in [5.41, 5.74) is 0.940. The lowest BCUT2D eigenvalue weighted by Gasteiger charge is -2.16. The van der Waals surface area contributed by atoms with E-state index in [4.69, 9.17) is 4.42 Å². The molecule has 0 spiro atoms. The summed E-state index contributed by atoms with van der Waals surface area (Å²) in [6.07, 6.45) is 1.55. The van der Waals surface area contributed by atoms with Crippen molar-refractivity contribution in [1.82, 2.24) is 9.88 Å². The first-order chi connectivity index (χ1) is 12.0. The fraction of sp³-hybridized carbons (Fsp3) is 0.118. The third-order valence-electron chi connectivity index (χ3n) is 3.33. The predicted octanol–water partition coefficient (Wildman–Crippen LogP) is 3.88. The number of hydrogen-bond donors (Lipinski definition) is 1. The van der Waals surface area contributed by atoms with E-state index in [1.807, 2.05) is 18.2 Å². The van der Waals surface area contributed by atoms with Crippen LogP contribution < -0.4 is 5.32 Å². The Bertz CT molecular complexity index is 892. The lowest BCUT2D eigenvalue weighted by molar-refractivity contribution is -0.116. The van der Waals surface area contributed by atoms with Gasteiger partial charge in [0.25, 0.3) is 5.91 Å². The van der Waals surface area contributed by atoms with E-state index in [0.717, 1.165) is 4.47 Å². The average molecular weight is 420 g/mol. The summed E-state index contributed by atoms with van der Waals surface area (Å²) in [7, 11) is 1.56. The second-order valence-corrected chi connectivity index (χ2v) is 6.92. The monoisotopic (exact) mass is 419 g/mol. The molecule has 0 bridgehead atoms. The third kappa shape index (κ3) is 4.15. The standard InChI is InChI=1S/C17H14BrN3O3S/c1-21(9-15(22)19-12-6-3-2-5-11(12)18)17(23)13-10-25-16(20-13)14-7-4-8-24-14/h2-8,10H,9H2,1H3,(H,19,22). The molecule has 0 unspecified atom stereocenters. The molecule has 25 heavy (non-hydrogen) atoms. The van der Waals surface area contributed by atoms with Crippen LogP contribution >= 0.6 is 27.3 Å². The minimum Gasteiger partial charge on any atom is -0.462 e. The Morgan fingerprint density at radius 3 is 2.80 bits per heavy atom. The molecule has 6 nitrogen and oxygen atoms in total. The van der Waals surface area contributed by atoms with Gasteiger partial charge in [0.05, 0.1) is 18.5 Å². The molecule has 1 N–H and O–H groups in total. The largest absolute Gasteiger partial charge is 0.462 e. The lowest BCUT2D eigenvalue weighted by Crippen LogP contribution is -2.35. The minimum atomic E-state index is -0.323. The highest BCUT2D eigenvalue weighted by Gasteiger charge is 2.19. The van der Waals surface area contributed by atoms with Crippen LogP contribution in [0.25, 0.3) is 10.8 Å². The Morgan fingerprint density at radius 1 is 1.28 bits per heavy atom. The van der Waals surface area contributed by atoms with Crippen LogP contribution in [0.5, 0.6) is 0 Å². The molecule has 1 aromatic carbocycles. The number of benzene rings is 1. The van der Waals surface area contributed by atoms with Gasteiger partial charge in [-0.15, -0.1) is 11.3 Å². The van der Waals surface area contributed by atoms with E-state index in [0.29, 0.717) is 16.5 Å². The number of rotatable bonds is 5. The van der Waals surface area contributed by atoms with Crippen LogP contribution in [0.15, 0.2) is 56.9 Å². The smallest absolute Gasteiger partial charge is 0.273 e. The molecule has 2 heterocycles. The van der Waals surface area contributed by atoms with Crippen molar-refractivity contribution in [2.24, 2.45) is 0 Å². The maximum absolute atomic E-state index is 12.4. The highest BCUT2D eigenvalue weighted by molar-refractivity contribution is 9.10. The Balaban J connectivity index is 1.63. The summed E-state index contributed by atoms with van der Waals surface area (Å²) in [6, 6.07) is 10.8. The van der Waals surface area contributed by atoms with Gasteiger partial charge in [-0.25, -0.2) is 4.98 Å². The van der Waals surface area contributed by atoms with E-state index in [1.165, 1.54) is 16.2 Å². The van der Waals surface area contributed by atoms with Crippen LogP contribution in [0.1, 0.15) is 10.5 Å². The van der Waals surface area contributed by atoms with Gasteiger partial charge in [-0.05, 0) is 40.2 Å². The topological polar surface area (TPSA) is 75.4 Å². The van der Waals surface area contributed by atoms with E-state index in [-0.39, 0.29) is 24.1 Å². The number of aromatic nitrogens is 1. The molecule has 0 aliphatic carbocycles. The first-order valence-electron chi connectivity index (χ1n) is 7.34. The number of anilines is 1. The summed E-state index contributed by atoms with van der Waals surface area (Å²) in [5, 5.41) is 5.04. The molecule has 0 fully saturated rings. The summed E-state index contributed by atoms with van der Waals surface area (Å²) >= 11 is 4.68. The summed E-state index contributed by atoms with van der Waals surface area (Å²) in [5.74, 6) is -0.000977. The maximum atomic E-state index is 12.4. The Morgan fingerprint density at radius 2 is 2.08 bits per heavy atom. The molecule has 3 aromatic rings. The van der Waals surface area contributed by atoms with Crippen molar-refractivity contribution < 1.29 is 14.0 Å². The predicted molar refractivity (Wildman–Crippen MR) is 99.5 cm³/mol. The molecule has 0 atom stereocenters. The third-order valence-corrected chi connectivity index (χ3v) is 4.88. The van der Waals surface area contributed by atoms with Gasteiger partial charge < -0.3 is 14.6 Å². The Hall–Kier alpha value is -2.45. The van der Waals surface area contributed by atoms with Gasteiger partial charge in [-0.2, -0.15) is 0 Å². The molecule has 0 radical (unpaired) electrons. The number of amides is 2. The second kappa shape index (κ2) is 7.62. The first-order valence-corrected chi connectivity index (χ1v) is 9.01. The minimum absolute atomic E-state index is 0.0756. The molecular formula is C17H14BrN3O3S.